The summed E-state index contributed by atoms with van der Waals surface area (Å²) in [4.78, 5) is 23.0. The highest BCUT2D eigenvalue weighted by atomic mass is 35.5. The Hall–Kier alpha value is -1.66. The number of non-ortho nitro benzene ring substituents is 1. The van der Waals surface area contributed by atoms with Gasteiger partial charge < -0.3 is 9.64 Å². The van der Waals surface area contributed by atoms with Crippen molar-refractivity contribution in [3.8, 4) is 0 Å². The van der Waals surface area contributed by atoms with Crippen LogP contribution in [0.1, 0.15) is 5.56 Å². The van der Waals surface area contributed by atoms with Crippen molar-refractivity contribution in [2.75, 3.05) is 20.8 Å². The molecule has 0 aliphatic rings. The number of nitrogens with zero attached hydrogens (tertiary/aromatic N) is 2. The molecule has 0 atom stereocenters. The van der Waals surface area contributed by atoms with Crippen LogP contribution in [0.15, 0.2) is 18.2 Å². The lowest BCUT2D eigenvalue weighted by Crippen LogP contribution is -2.29. The maximum Gasteiger partial charge on any atom is 0.269 e. The van der Waals surface area contributed by atoms with E-state index in [1.165, 1.54) is 30.2 Å². The van der Waals surface area contributed by atoms with Gasteiger partial charge in [0.15, 0.2) is 0 Å². The van der Waals surface area contributed by atoms with Crippen LogP contribution < -0.4 is 0 Å². The van der Waals surface area contributed by atoms with Crippen LogP contribution in [-0.4, -0.2) is 36.5 Å². The molecule has 18 heavy (non-hydrogen) atoms. The summed E-state index contributed by atoms with van der Waals surface area (Å²) < 4.78 is 4.72. The average molecular weight is 273 g/mol. The fourth-order valence-corrected chi connectivity index (χ4v) is 1.55. The van der Waals surface area contributed by atoms with Crippen LogP contribution in [0.5, 0.6) is 0 Å². The second-order valence-corrected chi connectivity index (χ2v) is 4.12. The normalized spacial score (nSPS) is 10.2. The standard InChI is InChI=1S/C11H13ClN2O4/c1-13(11(15)7-18-2)6-8-5-9(14(16)17)3-4-10(8)12/h3-5H,6-7H2,1-2H3. The predicted molar refractivity (Wildman–Crippen MR) is 66.5 cm³/mol. The van der Waals surface area contributed by atoms with E-state index < -0.39 is 4.92 Å². The largest absolute Gasteiger partial charge is 0.375 e. The van der Waals surface area contributed by atoms with Crippen LogP contribution in [0.4, 0.5) is 5.69 Å². The number of methoxy groups -OCH3 is 1. The first kappa shape index (κ1) is 14.4. The van der Waals surface area contributed by atoms with Crippen molar-refractivity contribution in [3.63, 3.8) is 0 Å². The second kappa shape index (κ2) is 6.32. The van der Waals surface area contributed by atoms with Crippen LogP contribution in [0.3, 0.4) is 0 Å². The Morgan fingerprint density at radius 1 is 1.56 bits per heavy atom. The van der Waals surface area contributed by atoms with Gasteiger partial charge in [0.2, 0.25) is 5.91 Å². The molecule has 7 heteroatoms. The van der Waals surface area contributed by atoms with Crippen molar-refractivity contribution in [2.24, 2.45) is 0 Å². The number of amides is 1. The maximum absolute atomic E-state index is 11.5. The Morgan fingerprint density at radius 3 is 2.78 bits per heavy atom. The van der Waals surface area contributed by atoms with E-state index in [2.05, 4.69) is 0 Å². The average Bonchev–Trinajstić information content (AvgIpc) is 2.31. The fraction of sp³-hybridized carbons (Fsp3) is 0.364. The molecule has 1 aromatic rings. The molecular formula is C11H13ClN2O4. The Morgan fingerprint density at radius 2 is 2.22 bits per heavy atom. The number of nitro benzene ring substituents is 1. The lowest BCUT2D eigenvalue weighted by atomic mass is 10.2. The number of nitro groups is 1. The summed E-state index contributed by atoms with van der Waals surface area (Å²) >= 11 is 5.93. The van der Waals surface area contributed by atoms with E-state index in [1.807, 2.05) is 0 Å². The molecule has 0 saturated heterocycles. The molecule has 0 bridgehead atoms. The number of likely N-dealkylation sites (N-methyl/N-ethyl adjacent to an activating group) is 1. The third-order valence-corrected chi connectivity index (χ3v) is 2.71. The molecule has 0 saturated carbocycles. The summed E-state index contributed by atoms with van der Waals surface area (Å²) in [5, 5.41) is 11.0. The molecule has 0 aliphatic heterocycles. The van der Waals surface area contributed by atoms with E-state index in [0.717, 1.165) is 0 Å². The van der Waals surface area contributed by atoms with Gasteiger partial charge in [0.1, 0.15) is 6.61 Å². The smallest absolute Gasteiger partial charge is 0.269 e. The summed E-state index contributed by atoms with van der Waals surface area (Å²) in [7, 11) is 3.00. The molecule has 0 aromatic heterocycles. The SMILES string of the molecule is COCC(=O)N(C)Cc1cc([N+](=O)[O-])ccc1Cl. The Balaban J connectivity index is 2.86. The predicted octanol–water partition coefficient (Wildman–Crippen LogP) is 1.85. The van der Waals surface area contributed by atoms with Crippen molar-refractivity contribution in [3.05, 3.63) is 38.9 Å². The Bertz CT molecular complexity index is 464. The number of halogens is 1. The van der Waals surface area contributed by atoms with Crippen molar-refractivity contribution < 1.29 is 14.5 Å². The molecule has 1 aromatic carbocycles. The summed E-state index contributed by atoms with van der Waals surface area (Å²) in [6.45, 7) is 0.158. The Labute approximate surface area is 109 Å². The third kappa shape index (κ3) is 3.68. The highest BCUT2D eigenvalue weighted by Crippen LogP contribution is 2.23. The first-order valence-corrected chi connectivity index (χ1v) is 5.49. The van der Waals surface area contributed by atoms with Crippen LogP contribution in [0.2, 0.25) is 5.02 Å². The minimum Gasteiger partial charge on any atom is -0.375 e. The number of carbonyl (C=O) groups is 1. The first-order chi connectivity index (χ1) is 8.45. The number of hydrogen-bond acceptors (Lipinski definition) is 4. The number of carbonyl (C=O) groups excluding carboxylic acids is 1. The van der Waals surface area contributed by atoms with Gasteiger partial charge in [-0.3, -0.25) is 14.9 Å². The van der Waals surface area contributed by atoms with Gasteiger partial charge >= 0.3 is 0 Å². The molecule has 1 rings (SSSR count). The van der Waals surface area contributed by atoms with Crippen molar-refractivity contribution >= 4 is 23.2 Å². The van der Waals surface area contributed by atoms with E-state index in [9.17, 15) is 14.9 Å². The molecule has 0 spiro atoms. The van der Waals surface area contributed by atoms with Crippen LogP contribution >= 0.6 is 11.6 Å². The molecule has 0 unspecified atom stereocenters. The lowest BCUT2D eigenvalue weighted by Gasteiger charge is -2.17. The van der Waals surface area contributed by atoms with E-state index in [-0.39, 0.29) is 24.7 Å². The van der Waals surface area contributed by atoms with Gasteiger partial charge in [-0.1, -0.05) is 11.6 Å². The topological polar surface area (TPSA) is 72.7 Å². The minimum absolute atomic E-state index is 0.0386. The third-order valence-electron chi connectivity index (χ3n) is 2.34. The van der Waals surface area contributed by atoms with Gasteiger partial charge in [0, 0.05) is 37.9 Å². The lowest BCUT2D eigenvalue weighted by molar-refractivity contribution is -0.384. The summed E-state index contributed by atoms with van der Waals surface area (Å²) in [5.41, 5.74) is 0.472. The zero-order valence-electron chi connectivity index (χ0n) is 10.1. The van der Waals surface area contributed by atoms with E-state index in [4.69, 9.17) is 16.3 Å². The number of hydrogen-bond donors (Lipinski definition) is 0. The van der Waals surface area contributed by atoms with Crippen LogP contribution in [0.25, 0.3) is 0 Å². The maximum atomic E-state index is 11.5. The quantitative estimate of drug-likeness (QED) is 0.606. The van der Waals surface area contributed by atoms with Crippen molar-refractivity contribution in [1.29, 1.82) is 0 Å². The minimum atomic E-state index is -0.503. The van der Waals surface area contributed by atoms with E-state index in [0.29, 0.717) is 10.6 Å². The van der Waals surface area contributed by atoms with E-state index >= 15 is 0 Å². The van der Waals surface area contributed by atoms with Gasteiger partial charge in [-0.2, -0.15) is 0 Å². The van der Waals surface area contributed by atoms with Gasteiger partial charge in [-0.25, -0.2) is 0 Å². The monoisotopic (exact) mass is 272 g/mol. The molecule has 0 aliphatic carbocycles. The molecule has 6 nitrogen and oxygen atoms in total. The van der Waals surface area contributed by atoms with Gasteiger partial charge in [0.05, 0.1) is 4.92 Å². The van der Waals surface area contributed by atoms with Crippen molar-refractivity contribution in [2.45, 2.75) is 6.54 Å². The molecule has 98 valence electrons. The zero-order valence-corrected chi connectivity index (χ0v) is 10.8. The van der Waals surface area contributed by atoms with Gasteiger partial charge in [0.25, 0.3) is 5.69 Å². The summed E-state index contributed by atoms with van der Waals surface area (Å²) in [6, 6.07) is 4.13. The number of rotatable bonds is 5. The highest BCUT2D eigenvalue weighted by Gasteiger charge is 2.14. The molecule has 0 radical (unpaired) electrons. The zero-order chi connectivity index (χ0) is 13.7. The number of benzene rings is 1. The summed E-state index contributed by atoms with van der Waals surface area (Å²) in [5.74, 6) is -0.222. The molecule has 0 fully saturated rings. The number of ether oxygens (including phenoxy) is 1. The molecule has 0 heterocycles. The molecule has 1 amide bonds. The highest BCUT2D eigenvalue weighted by molar-refractivity contribution is 6.31. The fourth-order valence-electron chi connectivity index (χ4n) is 1.37. The molecular weight excluding hydrogens is 260 g/mol. The Kier molecular flexibility index (Phi) is 5.06. The van der Waals surface area contributed by atoms with E-state index in [1.54, 1.807) is 7.05 Å². The first-order valence-electron chi connectivity index (χ1n) is 5.11. The second-order valence-electron chi connectivity index (χ2n) is 3.72. The van der Waals surface area contributed by atoms with Gasteiger partial charge in [-0.05, 0) is 11.6 Å². The molecule has 0 N–H and O–H groups in total. The summed E-state index contributed by atoms with van der Waals surface area (Å²) in [6.07, 6.45) is 0. The van der Waals surface area contributed by atoms with Crippen LogP contribution in [0, 0.1) is 10.1 Å². The van der Waals surface area contributed by atoms with Crippen LogP contribution in [-0.2, 0) is 16.1 Å². The van der Waals surface area contributed by atoms with Gasteiger partial charge in [-0.15, -0.1) is 0 Å². The van der Waals surface area contributed by atoms with Crippen molar-refractivity contribution in [1.82, 2.24) is 4.90 Å².